The molecule has 2 unspecified atom stereocenters. The molecular formula is C21H32ClN3O3. The number of nitrogens with one attached hydrogen (secondary N) is 2. The smallest absolute Gasteiger partial charge is 0.225 e. The number of nitrogens with zero attached hydrogens (tertiary/aromatic N) is 1. The van der Waals surface area contributed by atoms with E-state index in [0.29, 0.717) is 32.0 Å². The Kier molecular flexibility index (Phi) is 9.06. The second-order valence-electron chi connectivity index (χ2n) is 7.65. The number of rotatable bonds is 6. The molecule has 28 heavy (non-hydrogen) atoms. The Balaban J connectivity index is 0.00000280. The van der Waals surface area contributed by atoms with Gasteiger partial charge in [-0.1, -0.05) is 25.1 Å². The van der Waals surface area contributed by atoms with Crippen LogP contribution in [0.15, 0.2) is 30.3 Å². The molecule has 1 aromatic rings. The molecule has 0 spiro atoms. The standard InChI is InChI=1S/C21H31N3O3.ClH/c1-16-15-22-11-7-19(16)23-21(26)17-8-12-24(13-9-17)20(25)10-14-27-18-5-3-2-4-6-18;/h2-6,16-17,19,22H,7-15H2,1H3,(H,23,26);1H. The first-order valence-electron chi connectivity index (χ1n) is 10.1. The van der Waals surface area contributed by atoms with Gasteiger partial charge in [-0.3, -0.25) is 9.59 Å². The zero-order chi connectivity index (χ0) is 19.1. The topological polar surface area (TPSA) is 70.7 Å². The van der Waals surface area contributed by atoms with Crippen LogP contribution in [0.2, 0.25) is 0 Å². The zero-order valence-corrected chi connectivity index (χ0v) is 17.4. The van der Waals surface area contributed by atoms with E-state index in [2.05, 4.69) is 17.6 Å². The van der Waals surface area contributed by atoms with E-state index < -0.39 is 0 Å². The van der Waals surface area contributed by atoms with E-state index in [9.17, 15) is 9.59 Å². The number of hydrogen-bond donors (Lipinski definition) is 2. The van der Waals surface area contributed by atoms with Crippen LogP contribution in [0.1, 0.15) is 32.6 Å². The van der Waals surface area contributed by atoms with Gasteiger partial charge in [-0.25, -0.2) is 0 Å². The predicted molar refractivity (Wildman–Crippen MR) is 112 cm³/mol. The van der Waals surface area contributed by atoms with E-state index in [0.717, 1.165) is 38.1 Å². The van der Waals surface area contributed by atoms with Crippen molar-refractivity contribution >= 4 is 24.2 Å². The van der Waals surface area contributed by atoms with Crippen LogP contribution in [0, 0.1) is 11.8 Å². The van der Waals surface area contributed by atoms with Gasteiger partial charge in [0.05, 0.1) is 13.0 Å². The van der Waals surface area contributed by atoms with Crippen LogP contribution < -0.4 is 15.4 Å². The largest absolute Gasteiger partial charge is 0.493 e. The number of para-hydroxylation sites is 1. The van der Waals surface area contributed by atoms with Gasteiger partial charge in [0.15, 0.2) is 0 Å². The minimum absolute atomic E-state index is 0. The molecule has 3 rings (SSSR count). The van der Waals surface area contributed by atoms with E-state index in [4.69, 9.17) is 4.74 Å². The molecule has 1 aromatic carbocycles. The Labute approximate surface area is 173 Å². The van der Waals surface area contributed by atoms with E-state index in [-0.39, 0.29) is 36.2 Å². The van der Waals surface area contributed by atoms with Crippen molar-refractivity contribution in [2.45, 2.75) is 38.6 Å². The van der Waals surface area contributed by atoms with Gasteiger partial charge in [0.25, 0.3) is 0 Å². The number of carbonyl (C=O) groups is 2. The van der Waals surface area contributed by atoms with Crippen LogP contribution in [0.25, 0.3) is 0 Å². The lowest BCUT2D eigenvalue weighted by molar-refractivity contribution is -0.136. The molecule has 2 fully saturated rings. The molecule has 2 aliphatic rings. The van der Waals surface area contributed by atoms with Crippen LogP contribution in [-0.4, -0.2) is 55.5 Å². The maximum Gasteiger partial charge on any atom is 0.225 e. The predicted octanol–water partition coefficient (Wildman–Crippen LogP) is 2.23. The minimum Gasteiger partial charge on any atom is -0.493 e. The lowest BCUT2D eigenvalue weighted by Crippen LogP contribution is -2.51. The number of benzene rings is 1. The van der Waals surface area contributed by atoms with Gasteiger partial charge in [0, 0.05) is 25.0 Å². The van der Waals surface area contributed by atoms with Gasteiger partial charge in [0.1, 0.15) is 5.75 Å². The zero-order valence-electron chi connectivity index (χ0n) is 16.6. The number of likely N-dealkylation sites (tertiary alicyclic amines) is 1. The molecule has 2 amide bonds. The van der Waals surface area contributed by atoms with Crippen LogP contribution in [0.5, 0.6) is 5.75 Å². The Hall–Kier alpha value is -1.79. The summed E-state index contributed by atoms with van der Waals surface area (Å²) in [6.07, 6.45) is 2.86. The maximum absolute atomic E-state index is 12.6. The molecule has 2 saturated heterocycles. The molecule has 2 aliphatic heterocycles. The molecule has 0 aliphatic carbocycles. The summed E-state index contributed by atoms with van der Waals surface area (Å²) in [6.45, 7) is 5.80. The van der Waals surface area contributed by atoms with Crippen molar-refractivity contribution in [2.75, 3.05) is 32.8 Å². The normalized spacial score (nSPS) is 22.8. The quantitative estimate of drug-likeness (QED) is 0.755. The Morgan fingerprint density at radius 3 is 2.57 bits per heavy atom. The molecule has 2 N–H and O–H groups in total. The highest BCUT2D eigenvalue weighted by Crippen LogP contribution is 2.20. The summed E-state index contributed by atoms with van der Waals surface area (Å²) in [5, 5.41) is 6.59. The van der Waals surface area contributed by atoms with Crippen molar-refractivity contribution < 1.29 is 14.3 Å². The lowest BCUT2D eigenvalue weighted by Gasteiger charge is -2.34. The summed E-state index contributed by atoms with van der Waals surface area (Å²) in [5.41, 5.74) is 0. The second kappa shape index (κ2) is 11.3. The number of hydrogen-bond acceptors (Lipinski definition) is 4. The lowest BCUT2D eigenvalue weighted by atomic mass is 9.92. The number of ether oxygens (including phenoxy) is 1. The van der Waals surface area contributed by atoms with Crippen molar-refractivity contribution in [3.05, 3.63) is 30.3 Å². The Morgan fingerprint density at radius 1 is 1.18 bits per heavy atom. The van der Waals surface area contributed by atoms with E-state index in [1.165, 1.54) is 0 Å². The van der Waals surface area contributed by atoms with Crippen LogP contribution >= 0.6 is 12.4 Å². The van der Waals surface area contributed by atoms with Crippen molar-refractivity contribution in [1.29, 1.82) is 0 Å². The third-order valence-corrected chi connectivity index (χ3v) is 5.66. The fourth-order valence-electron chi connectivity index (χ4n) is 3.85. The molecule has 7 heteroatoms. The molecule has 156 valence electrons. The molecule has 0 radical (unpaired) electrons. The summed E-state index contributed by atoms with van der Waals surface area (Å²) in [4.78, 5) is 26.8. The van der Waals surface area contributed by atoms with Crippen molar-refractivity contribution in [1.82, 2.24) is 15.5 Å². The average molecular weight is 410 g/mol. The van der Waals surface area contributed by atoms with Gasteiger partial charge >= 0.3 is 0 Å². The fourth-order valence-corrected chi connectivity index (χ4v) is 3.85. The summed E-state index contributed by atoms with van der Waals surface area (Å²) >= 11 is 0. The monoisotopic (exact) mass is 409 g/mol. The highest BCUT2D eigenvalue weighted by molar-refractivity contribution is 5.85. The summed E-state index contributed by atoms with van der Waals surface area (Å²) in [6, 6.07) is 9.81. The highest BCUT2D eigenvalue weighted by Gasteiger charge is 2.30. The minimum atomic E-state index is 0. The van der Waals surface area contributed by atoms with E-state index >= 15 is 0 Å². The van der Waals surface area contributed by atoms with Gasteiger partial charge in [-0.2, -0.15) is 0 Å². The Morgan fingerprint density at radius 2 is 1.89 bits per heavy atom. The van der Waals surface area contributed by atoms with E-state index in [1.54, 1.807) is 0 Å². The first kappa shape index (κ1) is 22.5. The molecule has 2 atom stereocenters. The molecule has 6 nitrogen and oxygen atoms in total. The van der Waals surface area contributed by atoms with Crippen molar-refractivity contribution in [2.24, 2.45) is 11.8 Å². The summed E-state index contributed by atoms with van der Waals surface area (Å²) in [7, 11) is 0. The van der Waals surface area contributed by atoms with Crippen LogP contribution in [0.3, 0.4) is 0 Å². The summed E-state index contributed by atoms with van der Waals surface area (Å²) in [5.74, 6) is 1.54. The van der Waals surface area contributed by atoms with Crippen LogP contribution in [-0.2, 0) is 9.59 Å². The first-order chi connectivity index (χ1) is 13.1. The van der Waals surface area contributed by atoms with Gasteiger partial charge in [0.2, 0.25) is 11.8 Å². The number of amides is 2. The van der Waals surface area contributed by atoms with Crippen LogP contribution in [0.4, 0.5) is 0 Å². The maximum atomic E-state index is 12.6. The van der Waals surface area contributed by atoms with Gasteiger partial charge in [-0.15, -0.1) is 12.4 Å². The molecule has 0 saturated carbocycles. The highest BCUT2D eigenvalue weighted by atomic mass is 35.5. The van der Waals surface area contributed by atoms with Crippen molar-refractivity contribution in [3.63, 3.8) is 0 Å². The Bertz CT molecular complexity index is 621. The second-order valence-corrected chi connectivity index (χ2v) is 7.65. The molecule has 0 aromatic heterocycles. The van der Waals surface area contributed by atoms with Gasteiger partial charge in [-0.05, 0) is 50.4 Å². The number of carbonyl (C=O) groups excluding carboxylic acids is 2. The molecule has 2 heterocycles. The number of piperidine rings is 2. The fraction of sp³-hybridized carbons (Fsp3) is 0.619. The molecular weight excluding hydrogens is 378 g/mol. The third kappa shape index (κ3) is 6.38. The SMILES string of the molecule is CC1CNCCC1NC(=O)C1CCN(C(=O)CCOc2ccccc2)CC1.Cl. The van der Waals surface area contributed by atoms with E-state index in [1.807, 2.05) is 35.2 Å². The first-order valence-corrected chi connectivity index (χ1v) is 10.1. The summed E-state index contributed by atoms with van der Waals surface area (Å²) < 4.78 is 5.60. The van der Waals surface area contributed by atoms with Crippen molar-refractivity contribution in [3.8, 4) is 5.75 Å². The van der Waals surface area contributed by atoms with Gasteiger partial charge < -0.3 is 20.3 Å². The molecule has 0 bridgehead atoms. The number of halogens is 1. The third-order valence-electron chi connectivity index (χ3n) is 5.66. The average Bonchev–Trinajstić information content (AvgIpc) is 2.70.